The van der Waals surface area contributed by atoms with Crippen molar-refractivity contribution < 1.29 is 80.2 Å². The number of unbranched alkanes of at least 4 members (excludes halogenated alkanes) is 31. The molecule has 0 aliphatic carbocycles. The number of carbonyl (C=O) groups is 4. The highest BCUT2D eigenvalue weighted by atomic mass is 31.2. The predicted octanol–water partition coefficient (Wildman–Crippen LogP) is 19.7. The molecule has 0 rings (SSSR count). The van der Waals surface area contributed by atoms with Crippen molar-refractivity contribution in [2.75, 3.05) is 39.6 Å². The second kappa shape index (κ2) is 59.8. The lowest BCUT2D eigenvalue weighted by molar-refractivity contribution is -0.161. The van der Waals surface area contributed by atoms with Crippen molar-refractivity contribution in [1.29, 1.82) is 0 Å². The predicted molar refractivity (Wildman–Crippen MR) is 358 cm³/mol. The number of rotatable bonds is 67. The van der Waals surface area contributed by atoms with Crippen LogP contribution in [-0.2, 0) is 65.4 Å². The Morgan fingerprint density at radius 1 is 0.315 bits per heavy atom. The summed E-state index contributed by atoms with van der Waals surface area (Å²) < 4.78 is 68.3. The minimum atomic E-state index is -4.95. The van der Waals surface area contributed by atoms with E-state index in [4.69, 9.17) is 37.0 Å². The first kappa shape index (κ1) is 87.1. The topological polar surface area (TPSA) is 237 Å². The van der Waals surface area contributed by atoms with Crippen LogP contribution in [0.5, 0.6) is 0 Å². The van der Waals surface area contributed by atoms with E-state index in [-0.39, 0.29) is 25.7 Å². The van der Waals surface area contributed by atoms with Crippen molar-refractivity contribution in [2.24, 2.45) is 23.7 Å². The molecule has 0 amide bonds. The fraction of sp³-hybridized carbons (Fsp3) is 0.943. The van der Waals surface area contributed by atoms with E-state index in [1.807, 2.05) is 0 Å². The number of aliphatic hydroxyl groups is 1. The van der Waals surface area contributed by atoms with Crippen molar-refractivity contribution >= 4 is 39.5 Å². The standard InChI is InChI=1S/C70H136O17P2/c1-9-62(7)48-40-32-24-17-14-15-19-27-37-45-53-70(75)87-66(57-81-68(73)51-43-35-29-28-33-41-49-63(8)10-2)59-85-89(78,79)83-55-64(71)54-82-88(76,77)84-58-65(56-80-67(72)50-42-34-25-21-20-23-31-39-47-61(5)6)86-69(74)52-44-36-26-18-13-11-12-16-22-30-38-46-60(3)4/h60-66,71H,9-59H2,1-8H3,(H,76,77)(H,78,79)/t62?,63?,64-,65-,66-/m1/s1. The summed E-state index contributed by atoms with van der Waals surface area (Å²) in [6.45, 7) is 14.1. The van der Waals surface area contributed by atoms with Gasteiger partial charge in [0, 0.05) is 25.7 Å². The molecular weight excluding hydrogens is 1170 g/mol. The smallest absolute Gasteiger partial charge is 0.462 e. The molecule has 0 spiro atoms. The van der Waals surface area contributed by atoms with Crippen LogP contribution < -0.4 is 0 Å². The Kier molecular flexibility index (Phi) is 58.5. The van der Waals surface area contributed by atoms with Crippen LogP contribution >= 0.6 is 15.6 Å². The molecule has 0 aliphatic rings. The Hall–Kier alpha value is -1.94. The van der Waals surface area contributed by atoms with Gasteiger partial charge in [0.2, 0.25) is 0 Å². The molecule has 528 valence electrons. The van der Waals surface area contributed by atoms with Gasteiger partial charge in [0.15, 0.2) is 12.2 Å². The van der Waals surface area contributed by atoms with Crippen LogP contribution in [-0.4, -0.2) is 96.7 Å². The molecule has 0 aromatic carbocycles. The maximum absolute atomic E-state index is 13.0. The number of phosphoric acid groups is 2. The van der Waals surface area contributed by atoms with Gasteiger partial charge in [0.05, 0.1) is 26.4 Å². The van der Waals surface area contributed by atoms with Crippen molar-refractivity contribution in [2.45, 2.75) is 363 Å². The average molecular weight is 1310 g/mol. The average Bonchev–Trinajstić information content (AvgIpc) is 3.70. The van der Waals surface area contributed by atoms with Crippen LogP contribution in [0.3, 0.4) is 0 Å². The molecule has 89 heavy (non-hydrogen) atoms. The van der Waals surface area contributed by atoms with Crippen molar-refractivity contribution in [3.63, 3.8) is 0 Å². The van der Waals surface area contributed by atoms with Crippen LogP contribution in [0.2, 0.25) is 0 Å². The summed E-state index contributed by atoms with van der Waals surface area (Å²) in [4.78, 5) is 72.5. The van der Waals surface area contributed by atoms with Crippen LogP contribution in [0, 0.1) is 23.7 Å². The Morgan fingerprint density at radius 3 is 0.798 bits per heavy atom. The summed E-state index contributed by atoms with van der Waals surface area (Å²) in [6, 6.07) is 0. The first-order chi connectivity index (χ1) is 42.7. The second-order valence-corrected chi connectivity index (χ2v) is 29.6. The lowest BCUT2D eigenvalue weighted by Crippen LogP contribution is -2.30. The van der Waals surface area contributed by atoms with Crippen molar-refractivity contribution in [3.8, 4) is 0 Å². The Labute approximate surface area is 543 Å². The Balaban J connectivity index is 5.27. The zero-order chi connectivity index (χ0) is 66.1. The zero-order valence-corrected chi connectivity index (χ0v) is 59.8. The monoisotopic (exact) mass is 1310 g/mol. The molecule has 0 saturated heterocycles. The van der Waals surface area contributed by atoms with E-state index < -0.39 is 97.5 Å². The number of phosphoric ester groups is 2. The number of hydrogen-bond acceptors (Lipinski definition) is 15. The number of esters is 4. The molecule has 0 heterocycles. The van der Waals surface area contributed by atoms with Gasteiger partial charge in [0.1, 0.15) is 19.3 Å². The van der Waals surface area contributed by atoms with E-state index >= 15 is 0 Å². The number of carbonyl (C=O) groups excluding carboxylic acids is 4. The molecule has 7 atom stereocenters. The fourth-order valence-electron chi connectivity index (χ4n) is 10.4. The SMILES string of the molecule is CCC(C)CCCCCCCCCCCCC(=O)O[C@H](COC(=O)CCCCCCCCC(C)CC)COP(=O)(O)OC[C@H](O)COP(=O)(O)OC[C@@H](COC(=O)CCCCCCCCCCC(C)C)OC(=O)CCCCCCCCCCCCCC(C)C. The first-order valence-electron chi connectivity index (χ1n) is 36.3. The number of hydrogen-bond donors (Lipinski definition) is 3. The minimum absolute atomic E-state index is 0.105. The molecule has 0 aliphatic heterocycles. The molecule has 0 saturated carbocycles. The minimum Gasteiger partial charge on any atom is -0.462 e. The summed E-state index contributed by atoms with van der Waals surface area (Å²) in [6.07, 6.45) is 41.6. The third-order valence-corrected chi connectivity index (χ3v) is 18.7. The molecule has 3 N–H and O–H groups in total. The lowest BCUT2D eigenvalue weighted by Gasteiger charge is -2.21. The van der Waals surface area contributed by atoms with Gasteiger partial charge in [-0.05, 0) is 49.4 Å². The van der Waals surface area contributed by atoms with E-state index in [1.165, 1.54) is 141 Å². The van der Waals surface area contributed by atoms with Gasteiger partial charge in [-0.25, -0.2) is 9.13 Å². The summed E-state index contributed by atoms with van der Waals surface area (Å²) in [5.74, 6) is 0.895. The highest BCUT2D eigenvalue weighted by molar-refractivity contribution is 7.47. The third kappa shape index (κ3) is 62.0. The summed E-state index contributed by atoms with van der Waals surface area (Å²) in [5, 5.41) is 10.6. The summed E-state index contributed by atoms with van der Waals surface area (Å²) in [5.41, 5.74) is 0. The largest absolute Gasteiger partial charge is 0.472 e. The van der Waals surface area contributed by atoms with Crippen LogP contribution in [0.4, 0.5) is 0 Å². The molecule has 0 aromatic rings. The maximum atomic E-state index is 13.0. The highest BCUT2D eigenvalue weighted by Crippen LogP contribution is 2.45. The Bertz CT molecular complexity index is 1770. The molecule has 4 unspecified atom stereocenters. The van der Waals surface area contributed by atoms with E-state index in [9.17, 15) is 43.2 Å². The normalized spacial score (nSPS) is 14.9. The molecule has 0 bridgehead atoms. The van der Waals surface area contributed by atoms with E-state index in [0.717, 1.165) is 120 Å². The highest BCUT2D eigenvalue weighted by Gasteiger charge is 2.30. The van der Waals surface area contributed by atoms with Gasteiger partial charge in [-0.1, -0.05) is 293 Å². The van der Waals surface area contributed by atoms with Crippen LogP contribution in [0.1, 0.15) is 344 Å². The van der Waals surface area contributed by atoms with Gasteiger partial charge in [-0.15, -0.1) is 0 Å². The molecule has 0 radical (unpaired) electrons. The second-order valence-electron chi connectivity index (χ2n) is 26.7. The summed E-state index contributed by atoms with van der Waals surface area (Å²) in [7, 11) is -9.90. The van der Waals surface area contributed by atoms with Crippen LogP contribution in [0.15, 0.2) is 0 Å². The van der Waals surface area contributed by atoms with Gasteiger partial charge < -0.3 is 33.8 Å². The fourth-order valence-corrected chi connectivity index (χ4v) is 12.0. The third-order valence-electron chi connectivity index (χ3n) is 16.8. The molecule has 0 aromatic heterocycles. The van der Waals surface area contributed by atoms with Crippen molar-refractivity contribution in [1.82, 2.24) is 0 Å². The van der Waals surface area contributed by atoms with Gasteiger partial charge >= 0.3 is 39.5 Å². The first-order valence-corrected chi connectivity index (χ1v) is 39.3. The van der Waals surface area contributed by atoms with Gasteiger partial charge in [0.25, 0.3) is 0 Å². The Morgan fingerprint density at radius 2 is 0.539 bits per heavy atom. The van der Waals surface area contributed by atoms with E-state index in [0.29, 0.717) is 25.7 Å². The lowest BCUT2D eigenvalue weighted by atomic mass is 9.99. The quantitative estimate of drug-likeness (QED) is 0.0222. The molecule has 19 heteroatoms. The van der Waals surface area contributed by atoms with E-state index in [2.05, 4.69) is 55.4 Å². The maximum Gasteiger partial charge on any atom is 0.472 e. The molecule has 17 nitrogen and oxygen atoms in total. The van der Waals surface area contributed by atoms with Crippen LogP contribution in [0.25, 0.3) is 0 Å². The van der Waals surface area contributed by atoms with Gasteiger partial charge in [-0.2, -0.15) is 0 Å². The summed E-state index contributed by atoms with van der Waals surface area (Å²) >= 11 is 0. The van der Waals surface area contributed by atoms with E-state index in [1.54, 1.807) is 0 Å². The van der Waals surface area contributed by atoms with Gasteiger partial charge in [-0.3, -0.25) is 37.3 Å². The molecule has 0 fully saturated rings. The van der Waals surface area contributed by atoms with Crippen molar-refractivity contribution in [3.05, 3.63) is 0 Å². The molecular formula is C70H136O17P2. The zero-order valence-electron chi connectivity index (χ0n) is 58.1. The number of ether oxygens (including phenoxy) is 4. The number of aliphatic hydroxyl groups excluding tert-OH is 1.